The Morgan fingerprint density at radius 3 is 2.94 bits per heavy atom. The van der Waals surface area contributed by atoms with Gasteiger partial charge in [-0.1, -0.05) is 6.07 Å². The minimum Gasteiger partial charge on any atom is -0.381 e. The predicted octanol–water partition coefficient (Wildman–Crippen LogP) is 1.96. The van der Waals surface area contributed by atoms with Crippen LogP contribution in [0.4, 0.5) is 5.82 Å². The van der Waals surface area contributed by atoms with Crippen LogP contribution in [0.5, 0.6) is 0 Å². The van der Waals surface area contributed by atoms with Crippen molar-refractivity contribution in [2.24, 2.45) is 11.7 Å². The number of anilines is 1. The molecule has 18 heavy (non-hydrogen) atoms. The van der Waals surface area contributed by atoms with Crippen molar-refractivity contribution >= 4 is 5.82 Å². The van der Waals surface area contributed by atoms with E-state index in [-0.39, 0.29) is 6.04 Å². The molecular formula is C14H23N3O. The number of ether oxygens (including phenoxy) is 1. The third-order valence-electron chi connectivity index (χ3n) is 3.47. The number of nitrogens with two attached hydrogens (primary N) is 1. The van der Waals surface area contributed by atoms with E-state index in [0.717, 1.165) is 31.1 Å². The van der Waals surface area contributed by atoms with E-state index in [2.05, 4.69) is 23.0 Å². The third-order valence-corrected chi connectivity index (χ3v) is 3.47. The van der Waals surface area contributed by atoms with Gasteiger partial charge < -0.3 is 15.4 Å². The van der Waals surface area contributed by atoms with Gasteiger partial charge in [0, 0.05) is 32.4 Å². The zero-order chi connectivity index (χ0) is 13.0. The van der Waals surface area contributed by atoms with Crippen LogP contribution in [0.1, 0.15) is 31.4 Å². The van der Waals surface area contributed by atoms with Crippen LogP contribution in [0.3, 0.4) is 0 Å². The van der Waals surface area contributed by atoms with Crippen molar-refractivity contribution in [2.45, 2.75) is 25.8 Å². The van der Waals surface area contributed by atoms with Gasteiger partial charge in [-0.25, -0.2) is 4.98 Å². The molecule has 1 aliphatic heterocycles. The fourth-order valence-electron chi connectivity index (χ4n) is 2.32. The molecule has 0 aliphatic carbocycles. The fraction of sp³-hybridized carbons (Fsp3) is 0.643. The maximum Gasteiger partial charge on any atom is 0.128 e. The lowest BCUT2D eigenvalue weighted by Crippen LogP contribution is -2.31. The van der Waals surface area contributed by atoms with E-state index < -0.39 is 0 Å². The zero-order valence-corrected chi connectivity index (χ0v) is 11.3. The molecule has 2 heterocycles. The van der Waals surface area contributed by atoms with E-state index in [4.69, 9.17) is 10.5 Å². The molecule has 0 saturated carbocycles. The number of aromatic nitrogens is 1. The van der Waals surface area contributed by atoms with Crippen molar-refractivity contribution in [2.75, 3.05) is 31.7 Å². The Morgan fingerprint density at radius 2 is 2.39 bits per heavy atom. The molecule has 1 aliphatic rings. The molecule has 4 heteroatoms. The Morgan fingerprint density at radius 1 is 1.56 bits per heavy atom. The normalized spacial score (nSPS) is 21.6. The Balaban J connectivity index is 1.93. The van der Waals surface area contributed by atoms with Crippen molar-refractivity contribution in [1.29, 1.82) is 0 Å². The van der Waals surface area contributed by atoms with Crippen LogP contribution in [-0.2, 0) is 4.74 Å². The largest absolute Gasteiger partial charge is 0.381 e. The lowest BCUT2D eigenvalue weighted by molar-refractivity contribution is 0.0576. The molecule has 0 amide bonds. The smallest absolute Gasteiger partial charge is 0.128 e. The molecule has 1 saturated heterocycles. The van der Waals surface area contributed by atoms with Crippen molar-refractivity contribution < 1.29 is 4.74 Å². The first kappa shape index (κ1) is 13.3. The van der Waals surface area contributed by atoms with Crippen molar-refractivity contribution in [1.82, 2.24) is 4.98 Å². The van der Waals surface area contributed by atoms with Gasteiger partial charge in [0.2, 0.25) is 0 Å². The van der Waals surface area contributed by atoms with Gasteiger partial charge in [-0.2, -0.15) is 0 Å². The highest BCUT2D eigenvalue weighted by molar-refractivity contribution is 5.38. The lowest BCUT2D eigenvalue weighted by atomic mass is 10.0. The molecule has 0 aromatic carbocycles. The van der Waals surface area contributed by atoms with Crippen LogP contribution < -0.4 is 10.6 Å². The summed E-state index contributed by atoms with van der Waals surface area (Å²) in [4.78, 5) is 6.67. The van der Waals surface area contributed by atoms with Gasteiger partial charge in [-0.05, 0) is 37.3 Å². The van der Waals surface area contributed by atoms with Crippen molar-refractivity contribution in [3.05, 3.63) is 23.9 Å². The number of pyridine rings is 1. The van der Waals surface area contributed by atoms with Gasteiger partial charge in [0.05, 0.1) is 6.61 Å². The van der Waals surface area contributed by atoms with Crippen LogP contribution in [0.25, 0.3) is 0 Å². The number of hydrogen-bond donors (Lipinski definition) is 1. The van der Waals surface area contributed by atoms with Gasteiger partial charge >= 0.3 is 0 Å². The molecule has 2 unspecified atom stereocenters. The first-order valence-electron chi connectivity index (χ1n) is 6.67. The highest BCUT2D eigenvalue weighted by Gasteiger charge is 2.16. The fourth-order valence-corrected chi connectivity index (χ4v) is 2.32. The SMILES string of the molecule is CC(N)c1ccc(N(C)CC2CCCOC2)nc1. The van der Waals surface area contributed by atoms with Crippen molar-refractivity contribution in [3.8, 4) is 0 Å². The predicted molar refractivity (Wildman–Crippen MR) is 73.7 cm³/mol. The summed E-state index contributed by atoms with van der Waals surface area (Å²) in [5.74, 6) is 1.63. The number of rotatable bonds is 4. The van der Waals surface area contributed by atoms with Crippen LogP contribution in [0.2, 0.25) is 0 Å². The van der Waals surface area contributed by atoms with Crippen LogP contribution in [-0.4, -0.2) is 31.8 Å². The van der Waals surface area contributed by atoms with Gasteiger partial charge in [0.25, 0.3) is 0 Å². The summed E-state index contributed by atoms with van der Waals surface area (Å²) in [7, 11) is 2.09. The first-order valence-corrected chi connectivity index (χ1v) is 6.67. The average Bonchev–Trinajstić information content (AvgIpc) is 2.40. The van der Waals surface area contributed by atoms with E-state index in [1.807, 2.05) is 19.2 Å². The van der Waals surface area contributed by atoms with Gasteiger partial charge in [-0.3, -0.25) is 0 Å². The maximum atomic E-state index is 5.82. The van der Waals surface area contributed by atoms with Crippen LogP contribution in [0, 0.1) is 5.92 Å². The summed E-state index contributed by atoms with van der Waals surface area (Å²) in [6, 6.07) is 4.15. The maximum absolute atomic E-state index is 5.82. The Bertz CT molecular complexity index is 358. The number of nitrogens with zero attached hydrogens (tertiary/aromatic N) is 2. The molecule has 1 aromatic rings. The highest BCUT2D eigenvalue weighted by Crippen LogP contribution is 2.18. The van der Waals surface area contributed by atoms with E-state index >= 15 is 0 Å². The van der Waals surface area contributed by atoms with Crippen LogP contribution in [0.15, 0.2) is 18.3 Å². The van der Waals surface area contributed by atoms with Crippen molar-refractivity contribution in [3.63, 3.8) is 0 Å². The molecule has 2 atom stereocenters. The van der Waals surface area contributed by atoms with Gasteiger partial charge in [-0.15, -0.1) is 0 Å². The summed E-state index contributed by atoms with van der Waals surface area (Å²) in [5.41, 5.74) is 6.90. The minimum atomic E-state index is 0.0450. The summed E-state index contributed by atoms with van der Waals surface area (Å²) in [5, 5.41) is 0. The second-order valence-electron chi connectivity index (χ2n) is 5.20. The summed E-state index contributed by atoms with van der Waals surface area (Å²) in [6.45, 7) is 4.77. The molecule has 2 N–H and O–H groups in total. The first-order chi connectivity index (χ1) is 8.66. The van der Waals surface area contributed by atoms with E-state index in [9.17, 15) is 0 Å². The molecule has 4 nitrogen and oxygen atoms in total. The molecule has 0 radical (unpaired) electrons. The summed E-state index contributed by atoms with van der Waals surface area (Å²) in [6.07, 6.45) is 4.30. The van der Waals surface area contributed by atoms with Gasteiger partial charge in [0.1, 0.15) is 5.82 Å². The topological polar surface area (TPSA) is 51.4 Å². The Labute approximate surface area is 109 Å². The molecule has 100 valence electrons. The molecule has 0 bridgehead atoms. The average molecular weight is 249 g/mol. The van der Waals surface area contributed by atoms with E-state index in [0.29, 0.717) is 5.92 Å². The summed E-state index contributed by atoms with van der Waals surface area (Å²) < 4.78 is 5.51. The summed E-state index contributed by atoms with van der Waals surface area (Å²) >= 11 is 0. The molecule has 1 fully saturated rings. The quantitative estimate of drug-likeness (QED) is 0.886. The molecular weight excluding hydrogens is 226 g/mol. The number of hydrogen-bond acceptors (Lipinski definition) is 4. The van der Waals surface area contributed by atoms with Crippen LogP contribution >= 0.6 is 0 Å². The lowest BCUT2D eigenvalue weighted by Gasteiger charge is -2.27. The second kappa shape index (κ2) is 6.16. The monoisotopic (exact) mass is 249 g/mol. The van der Waals surface area contributed by atoms with E-state index in [1.165, 1.54) is 12.8 Å². The minimum absolute atomic E-state index is 0.0450. The third kappa shape index (κ3) is 3.43. The van der Waals surface area contributed by atoms with Gasteiger partial charge in [0.15, 0.2) is 0 Å². The Hall–Kier alpha value is -1.13. The molecule has 0 spiro atoms. The standard InChI is InChI=1S/C14H23N3O/c1-11(15)13-5-6-14(16-8-13)17(2)9-12-4-3-7-18-10-12/h5-6,8,11-12H,3-4,7,9-10,15H2,1-2H3. The van der Waals surface area contributed by atoms with E-state index in [1.54, 1.807) is 0 Å². The Kier molecular flexibility index (Phi) is 4.55. The molecule has 1 aromatic heterocycles. The highest BCUT2D eigenvalue weighted by atomic mass is 16.5. The zero-order valence-electron chi connectivity index (χ0n) is 11.3. The second-order valence-corrected chi connectivity index (χ2v) is 5.20. The molecule has 2 rings (SSSR count).